The minimum Gasteiger partial charge on any atom is -0.503 e. The predicted molar refractivity (Wildman–Crippen MR) is 104 cm³/mol. The van der Waals surface area contributed by atoms with Crippen molar-refractivity contribution in [2.24, 2.45) is 0 Å². The second-order valence-electron chi connectivity index (χ2n) is 6.30. The van der Waals surface area contributed by atoms with Gasteiger partial charge in [0.1, 0.15) is 0 Å². The Kier molecular flexibility index (Phi) is 5.79. The van der Waals surface area contributed by atoms with Gasteiger partial charge in [-0.1, -0.05) is 49.8 Å². The minimum atomic E-state index is -0.0781. The Morgan fingerprint density at radius 3 is 2.62 bits per heavy atom. The van der Waals surface area contributed by atoms with Gasteiger partial charge in [-0.2, -0.15) is 0 Å². The number of imidazole rings is 1. The van der Waals surface area contributed by atoms with Crippen molar-refractivity contribution in [2.75, 3.05) is 0 Å². The third-order valence-corrected chi connectivity index (χ3v) is 4.40. The van der Waals surface area contributed by atoms with E-state index < -0.39 is 0 Å². The van der Waals surface area contributed by atoms with Gasteiger partial charge in [0, 0.05) is 25.5 Å². The van der Waals surface area contributed by atoms with Crippen LogP contribution in [-0.2, 0) is 13.1 Å². The number of hydrogen-bond acceptors (Lipinski definition) is 3. The van der Waals surface area contributed by atoms with Crippen molar-refractivity contribution in [3.63, 3.8) is 0 Å². The van der Waals surface area contributed by atoms with Gasteiger partial charge in [0.05, 0.1) is 17.6 Å². The van der Waals surface area contributed by atoms with Gasteiger partial charge in [0.25, 0.3) is 0 Å². The fraction of sp³-hybridized carbons (Fsp3) is 0.286. The number of benzene rings is 1. The van der Waals surface area contributed by atoms with Crippen LogP contribution in [0.15, 0.2) is 55.1 Å². The van der Waals surface area contributed by atoms with Gasteiger partial charge in [-0.3, -0.25) is 0 Å². The highest BCUT2D eigenvalue weighted by Crippen LogP contribution is 2.43. The summed E-state index contributed by atoms with van der Waals surface area (Å²) in [5.74, 6) is -0.138. The van der Waals surface area contributed by atoms with E-state index in [1.165, 1.54) is 0 Å². The summed E-state index contributed by atoms with van der Waals surface area (Å²) in [5.41, 5.74) is 2.41. The molecular formula is C21H25N3O2. The number of allylic oxidation sites excluding steroid dienone is 1. The lowest BCUT2D eigenvalue weighted by Gasteiger charge is -2.09. The summed E-state index contributed by atoms with van der Waals surface area (Å²) in [4.78, 5) is 4.05. The van der Waals surface area contributed by atoms with Crippen LogP contribution in [0.1, 0.15) is 31.9 Å². The van der Waals surface area contributed by atoms with E-state index in [2.05, 4.69) is 18.0 Å². The van der Waals surface area contributed by atoms with Crippen molar-refractivity contribution >= 4 is 6.08 Å². The van der Waals surface area contributed by atoms with Crippen LogP contribution in [0.3, 0.4) is 0 Å². The molecule has 0 aliphatic rings. The molecular weight excluding hydrogens is 326 g/mol. The number of aryl methyl sites for hydroxylation is 1. The zero-order chi connectivity index (χ0) is 18.4. The Labute approximate surface area is 153 Å². The van der Waals surface area contributed by atoms with Crippen LogP contribution >= 0.6 is 0 Å². The molecule has 0 saturated carbocycles. The topological polar surface area (TPSA) is 63.2 Å². The van der Waals surface area contributed by atoms with Gasteiger partial charge in [0.15, 0.2) is 5.75 Å². The number of unbranched alkanes of at least 4 members (excludes halogenated alkanes) is 1. The summed E-state index contributed by atoms with van der Waals surface area (Å²) in [5, 5.41) is 21.1. The number of aromatic hydroxyl groups is 2. The second kappa shape index (κ2) is 8.43. The van der Waals surface area contributed by atoms with E-state index in [1.54, 1.807) is 17.1 Å². The third kappa shape index (κ3) is 3.82. The first-order chi connectivity index (χ1) is 12.7. The largest absolute Gasteiger partial charge is 0.503 e. The summed E-state index contributed by atoms with van der Waals surface area (Å²) in [6.45, 7) is 3.54. The molecule has 0 radical (unpaired) electrons. The molecule has 26 heavy (non-hydrogen) atoms. The van der Waals surface area contributed by atoms with Crippen LogP contribution in [-0.4, -0.2) is 24.3 Å². The summed E-state index contributed by atoms with van der Waals surface area (Å²) in [6.07, 6.45) is 12.4. The Hall–Kier alpha value is -2.95. The number of hydrogen-bond donors (Lipinski definition) is 2. The highest BCUT2D eigenvalue weighted by Gasteiger charge is 2.21. The average molecular weight is 351 g/mol. The Morgan fingerprint density at radius 1 is 1.12 bits per heavy atom. The van der Waals surface area contributed by atoms with Crippen molar-refractivity contribution in [2.45, 2.75) is 39.3 Å². The SMILES string of the molecule is CCCC=Cc1c(-c2ccccc2)c(O)c(O)n1CCCn1ccnc1. The number of aromatic nitrogens is 3. The monoisotopic (exact) mass is 351 g/mol. The van der Waals surface area contributed by atoms with Crippen LogP contribution in [0.4, 0.5) is 0 Å². The lowest BCUT2D eigenvalue weighted by molar-refractivity contribution is 0.367. The van der Waals surface area contributed by atoms with Gasteiger partial charge < -0.3 is 19.3 Å². The summed E-state index contributed by atoms with van der Waals surface area (Å²) >= 11 is 0. The number of rotatable bonds is 8. The van der Waals surface area contributed by atoms with Crippen molar-refractivity contribution in [3.05, 3.63) is 60.8 Å². The standard InChI is InChI=1S/C21H25N3O2/c1-2-3-5-11-18-19(17-9-6-4-7-10-17)20(25)21(26)24(18)14-8-13-23-15-12-22-16-23/h4-7,9-12,15-16,25-26H,2-3,8,13-14H2,1H3. The lowest BCUT2D eigenvalue weighted by atomic mass is 10.0. The zero-order valence-corrected chi connectivity index (χ0v) is 15.0. The van der Waals surface area contributed by atoms with Gasteiger partial charge in [-0.15, -0.1) is 0 Å². The Balaban J connectivity index is 1.93. The van der Waals surface area contributed by atoms with Crippen molar-refractivity contribution in [1.29, 1.82) is 0 Å². The van der Waals surface area contributed by atoms with Crippen LogP contribution in [0.2, 0.25) is 0 Å². The first kappa shape index (κ1) is 17.9. The molecule has 5 heteroatoms. The molecule has 3 aromatic rings. The predicted octanol–water partition coefficient (Wildman–Crippen LogP) is 4.67. The molecule has 0 aliphatic heterocycles. The lowest BCUT2D eigenvalue weighted by Crippen LogP contribution is -2.04. The Bertz CT molecular complexity index is 849. The van der Waals surface area contributed by atoms with Gasteiger partial charge in [0.2, 0.25) is 5.88 Å². The quantitative estimate of drug-likeness (QED) is 0.620. The maximum Gasteiger partial charge on any atom is 0.235 e. The van der Waals surface area contributed by atoms with E-state index in [1.807, 2.05) is 47.2 Å². The fourth-order valence-electron chi connectivity index (χ4n) is 3.09. The minimum absolute atomic E-state index is 0.0602. The van der Waals surface area contributed by atoms with Crippen LogP contribution in [0, 0.1) is 0 Å². The number of nitrogens with zero attached hydrogens (tertiary/aromatic N) is 3. The molecule has 0 amide bonds. The van der Waals surface area contributed by atoms with Gasteiger partial charge in [-0.25, -0.2) is 4.98 Å². The van der Waals surface area contributed by atoms with Crippen LogP contribution in [0.25, 0.3) is 17.2 Å². The molecule has 2 N–H and O–H groups in total. The average Bonchev–Trinajstić information content (AvgIpc) is 3.25. The van der Waals surface area contributed by atoms with E-state index in [4.69, 9.17) is 0 Å². The van der Waals surface area contributed by atoms with E-state index in [9.17, 15) is 10.2 Å². The molecule has 3 rings (SSSR count). The molecule has 0 atom stereocenters. The summed E-state index contributed by atoms with van der Waals surface area (Å²) in [7, 11) is 0. The molecule has 136 valence electrons. The van der Waals surface area contributed by atoms with E-state index in [0.29, 0.717) is 12.1 Å². The first-order valence-corrected chi connectivity index (χ1v) is 9.04. The van der Waals surface area contributed by atoms with E-state index in [-0.39, 0.29) is 11.6 Å². The van der Waals surface area contributed by atoms with Crippen molar-refractivity contribution < 1.29 is 10.2 Å². The maximum absolute atomic E-state index is 10.6. The molecule has 0 aliphatic carbocycles. The highest BCUT2D eigenvalue weighted by molar-refractivity contribution is 5.82. The molecule has 1 aromatic carbocycles. The third-order valence-electron chi connectivity index (χ3n) is 4.40. The van der Waals surface area contributed by atoms with E-state index in [0.717, 1.165) is 37.1 Å². The smallest absolute Gasteiger partial charge is 0.235 e. The molecule has 0 fully saturated rings. The molecule has 2 aromatic heterocycles. The zero-order valence-electron chi connectivity index (χ0n) is 15.0. The molecule has 0 bridgehead atoms. The van der Waals surface area contributed by atoms with Crippen molar-refractivity contribution in [3.8, 4) is 22.8 Å². The van der Waals surface area contributed by atoms with Crippen molar-refractivity contribution in [1.82, 2.24) is 14.1 Å². The summed E-state index contributed by atoms with van der Waals surface area (Å²) < 4.78 is 3.80. The molecule has 2 heterocycles. The molecule has 0 spiro atoms. The van der Waals surface area contributed by atoms with Gasteiger partial charge in [-0.05, 0) is 24.5 Å². The van der Waals surface area contributed by atoms with E-state index >= 15 is 0 Å². The van der Waals surface area contributed by atoms with Crippen LogP contribution < -0.4 is 0 Å². The normalized spacial score (nSPS) is 11.4. The molecule has 0 saturated heterocycles. The van der Waals surface area contributed by atoms with Crippen LogP contribution in [0.5, 0.6) is 11.6 Å². The fourth-order valence-corrected chi connectivity index (χ4v) is 3.09. The highest BCUT2D eigenvalue weighted by atomic mass is 16.3. The Morgan fingerprint density at radius 2 is 1.92 bits per heavy atom. The van der Waals surface area contributed by atoms with Gasteiger partial charge >= 0.3 is 0 Å². The summed E-state index contributed by atoms with van der Waals surface area (Å²) in [6, 6.07) is 9.70. The maximum atomic E-state index is 10.6. The second-order valence-corrected chi connectivity index (χ2v) is 6.30. The molecule has 0 unspecified atom stereocenters. The first-order valence-electron chi connectivity index (χ1n) is 9.04. The molecule has 5 nitrogen and oxygen atoms in total.